The molecule has 0 aliphatic heterocycles. The zero-order valence-corrected chi connectivity index (χ0v) is 14.3. The molecule has 2 N–H and O–H groups in total. The first-order valence-corrected chi connectivity index (χ1v) is 8.23. The van der Waals surface area contributed by atoms with E-state index in [9.17, 15) is 19.8 Å². The molecular weight excluding hydrogens is 312 g/mol. The number of hydrogen-bond donors (Lipinski definition) is 2. The lowest BCUT2D eigenvalue weighted by Gasteiger charge is -2.60. The summed E-state index contributed by atoms with van der Waals surface area (Å²) in [6.45, 7) is 7.90. The fourth-order valence-electron chi connectivity index (χ4n) is 3.80. The van der Waals surface area contributed by atoms with Gasteiger partial charge in [0.2, 0.25) is 0 Å². The van der Waals surface area contributed by atoms with Gasteiger partial charge in [-0.2, -0.15) is 0 Å². The number of nitrogens with one attached hydrogen (secondary N) is 2. The zero-order valence-electron chi connectivity index (χ0n) is 14.3. The Bertz CT molecular complexity index is 792. The summed E-state index contributed by atoms with van der Waals surface area (Å²) in [6.07, 6.45) is -2.57. The number of aryl methyl sites for hydroxylation is 4. The third kappa shape index (κ3) is 2.13. The van der Waals surface area contributed by atoms with E-state index in [2.05, 4.69) is 10.2 Å². The number of H-pyrrole nitrogens is 2. The third-order valence-electron chi connectivity index (χ3n) is 5.08. The normalized spacial score (nSPS) is 26.6. The number of aromatic amines is 2. The van der Waals surface area contributed by atoms with Crippen molar-refractivity contribution < 1.29 is 10.2 Å². The molecule has 0 saturated heterocycles. The molecular formula is C16H22N4O4-2. The Morgan fingerprint density at radius 2 is 1.17 bits per heavy atom. The summed E-state index contributed by atoms with van der Waals surface area (Å²) in [5.41, 5.74) is 1.05. The van der Waals surface area contributed by atoms with Crippen LogP contribution in [-0.2, 0) is 13.1 Å². The second-order valence-electron chi connectivity index (χ2n) is 6.38. The van der Waals surface area contributed by atoms with E-state index in [1.807, 2.05) is 13.8 Å². The number of hydrogen-bond acceptors (Lipinski definition) is 4. The molecule has 1 fully saturated rings. The van der Waals surface area contributed by atoms with Crippen molar-refractivity contribution in [3.05, 3.63) is 43.2 Å². The largest absolute Gasteiger partial charge is 0.851 e. The van der Waals surface area contributed by atoms with Gasteiger partial charge in [-0.25, -0.2) is 0 Å². The molecule has 1 aliphatic rings. The van der Waals surface area contributed by atoms with Crippen molar-refractivity contribution in [1.29, 1.82) is 0 Å². The molecule has 8 heteroatoms. The van der Waals surface area contributed by atoms with E-state index >= 15 is 0 Å². The van der Waals surface area contributed by atoms with Crippen LogP contribution in [0.4, 0.5) is 0 Å². The Morgan fingerprint density at radius 3 is 1.42 bits per heavy atom. The van der Waals surface area contributed by atoms with Gasteiger partial charge in [-0.3, -0.25) is 29.2 Å². The lowest BCUT2D eigenvalue weighted by atomic mass is 9.63. The molecule has 0 radical (unpaired) electrons. The number of rotatable bonds is 4. The predicted octanol–water partition coefficient (Wildman–Crippen LogP) is -1.34. The standard InChI is InChI=1S/C16H22N4O4/c1-5-19-15(23)9(7(3)17-19)11-13(21)12(14(11)22)10-8(4)18-20(6-2)16(10)24/h11-14,17-18H,5-6H2,1-4H3/q-2. The van der Waals surface area contributed by atoms with Crippen LogP contribution in [0.2, 0.25) is 0 Å². The van der Waals surface area contributed by atoms with Crippen molar-refractivity contribution in [1.82, 2.24) is 19.6 Å². The SMILES string of the molecule is CCn1[nH]c(C)c(C2C([O-])C(c3c(C)[nH]n(CC)c3=O)C2[O-])c1=O. The van der Waals surface area contributed by atoms with Crippen LogP contribution in [-0.4, -0.2) is 31.8 Å². The molecule has 3 rings (SSSR count). The van der Waals surface area contributed by atoms with Crippen LogP contribution < -0.4 is 21.3 Å². The summed E-state index contributed by atoms with van der Waals surface area (Å²) in [5.74, 6) is -1.81. The minimum absolute atomic E-state index is 0.275. The molecule has 132 valence electrons. The Balaban J connectivity index is 1.99. The quantitative estimate of drug-likeness (QED) is 0.718. The minimum atomic E-state index is -1.28. The number of aromatic nitrogens is 4. The average Bonchev–Trinajstić information content (AvgIpc) is 2.99. The zero-order chi connectivity index (χ0) is 17.8. The maximum atomic E-state index is 12.7. The molecule has 0 bridgehead atoms. The van der Waals surface area contributed by atoms with E-state index in [0.29, 0.717) is 24.5 Å². The van der Waals surface area contributed by atoms with Gasteiger partial charge in [-0.15, -0.1) is 12.2 Å². The molecule has 2 aromatic heterocycles. The fraction of sp³-hybridized carbons (Fsp3) is 0.625. The van der Waals surface area contributed by atoms with E-state index in [-0.39, 0.29) is 22.2 Å². The molecule has 8 nitrogen and oxygen atoms in total. The predicted molar refractivity (Wildman–Crippen MR) is 84.0 cm³/mol. The van der Waals surface area contributed by atoms with Crippen molar-refractivity contribution in [3.63, 3.8) is 0 Å². The maximum absolute atomic E-state index is 12.7. The summed E-state index contributed by atoms with van der Waals surface area (Å²) >= 11 is 0. The monoisotopic (exact) mass is 334 g/mol. The molecule has 24 heavy (non-hydrogen) atoms. The second kappa shape index (κ2) is 5.78. The Morgan fingerprint density at radius 1 is 0.833 bits per heavy atom. The van der Waals surface area contributed by atoms with Crippen molar-refractivity contribution in [2.75, 3.05) is 0 Å². The van der Waals surface area contributed by atoms with Gasteiger partial charge in [0, 0.05) is 35.6 Å². The average molecular weight is 334 g/mol. The first kappa shape index (κ1) is 16.8. The highest BCUT2D eigenvalue weighted by Gasteiger charge is 2.43. The highest BCUT2D eigenvalue weighted by Crippen LogP contribution is 2.44. The van der Waals surface area contributed by atoms with Crippen molar-refractivity contribution in [2.45, 2.75) is 64.8 Å². The van der Waals surface area contributed by atoms with Gasteiger partial charge in [-0.1, -0.05) is 0 Å². The molecule has 0 amide bonds. The molecule has 1 saturated carbocycles. The first-order chi connectivity index (χ1) is 11.3. The molecule has 0 unspecified atom stereocenters. The van der Waals surface area contributed by atoms with Crippen LogP contribution in [0.1, 0.15) is 48.2 Å². The Kier molecular flexibility index (Phi) is 4.05. The third-order valence-corrected chi connectivity index (χ3v) is 5.08. The first-order valence-electron chi connectivity index (χ1n) is 8.23. The van der Waals surface area contributed by atoms with E-state index in [1.165, 1.54) is 9.36 Å². The van der Waals surface area contributed by atoms with Gasteiger partial charge in [0.05, 0.1) is 0 Å². The highest BCUT2D eigenvalue weighted by molar-refractivity contribution is 5.36. The van der Waals surface area contributed by atoms with E-state index in [1.54, 1.807) is 13.8 Å². The molecule has 1 aliphatic carbocycles. The van der Waals surface area contributed by atoms with E-state index in [0.717, 1.165) is 0 Å². The minimum Gasteiger partial charge on any atom is -0.851 e. The van der Waals surface area contributed by atoms with Crippen LogP contribution in [0.3, 0.4) is 0 Å². The summed E-state index contributed by atoms with van der Waals surface area (Å²) < 4.78 is 2.78. The number of nitrogens with zero attached hydrogens (tertiary/aromatic N) is 2. The van der Waals surface area contributed by atoms with Gasteiger partial charge in [0.25, 0.3) is 11.1 Å². The van der Waals surface area contributed by atoms with Crippen LogP contribution in [0.15, 0.2) is 9.59 Å². The van der Waals surface area contributed by atoms with E-state index < -0.39 is 24.0 Å². The van der Waals surface area contributed by atoms with Gasteiger partial charge < -0.3 is 10.2 Å². The lowest BCUT2D eigenvalue weighted by Crippen LogP contribution is -2.65. The van der Waals surface area contributed by atoms with Crippen LogP contribution in [0.25, 0.3) is 0 Å². The van der Waals surface area contributed by atoms with Crippen LogP contribution in [0.5, 0.6) is 0 Å². The Labute approximate surface area is 138 Å². The molecule has 0 atom stereocenters. The highest BCUT2D eigenvalue weighted by atomic mass is 16.3. The summed E-state index contributed by atoms with van der Waals surface area (Å²) in [5, 5.41) is 31.3. The molecule has 0 spiro atoms. The molecule has 0 aromatic carbocycles. The van der Waals surface area contributed by atoms with Gasteiger partial charge in [0.1, 0.15) is 0 Å². The van der Waals surface area contributed by atoms with Gasteiger partial charge >= 0.3 is 0 Å². The van der Waals surface area contributed by atoms with Gasteiger partial charge in [0.15, 0.2) is 0 Å². The fourth-order valence-corrected chi connectivity index (χ4v) is 3.80. The summed E-state index contributed by atoms with van der Waals surface area (Å²) in [7, 11) is 0. The lowest BCUT2D eigenvalue weighted by molar-refractivity contribution is -0.536. The van der Waals surface area contributed by atoms with Crippen LogP contribution in [0, 0.1) is 13.8 Å². The molecule has 2 heterocycles. The second-order valence-corrected chi connectivity index (χ2v) is 6.38. The smallest absolute Gasteiger partial charge is 0.270 e. The Hall–Kier alpha value is -2.06. The summed E-state index contributed by atoms with van der Waals surface area (Å²) in [6, 6.07) is 0. The van der Waals surface area contributed by atoms with Crippen LogP contribution >= 0.6 is 0 Å². The van der Waals surface area contributed by atoms with Crippen molar-refractivity contribution in [3.8, 4) is 0 Å². The summed E-state index contributed by atoms with van der Waals surface area (Å²) in [4.78, 5) is 24.7. The van der Waals surface area contributed by atoms with Crippen molar-refractivity contribution in [2.24, 2.45) is 0 Å². The molecule has 2 aromatic rings. The maximum Gasteiger partial charge on any atom is 0.270 e. The topological polar surface area (TPSA) is 122 Å². The van der Waals surface area contributed by atoms with Gasteiger partial charge in [-0.05, 0) is 39.5 Å². The van der Waals surface area contributed by atoms with Crippen molar-refractivity contribution >= 4 is 0 Å². The van der Waals surface area contributed by atoms with E-state index in [4.69, 9.17) is 0 Å².